The van der Waals surface area contributed by atoms with Gasteiger partial charge in [-0.05, 0) is 24.1 Å². The standard InChI is InChI=1S/C13H17N3/c1-11-2-3-12(13(8-11)9-14)10-16-6-4-15-5-7-16/h2-3,8,15H,4-7,10H2,1H3. The van der Waals surface area contributed by atoms with Crippen molar-refractivity contribution in [2.75, 3.05) is 26.2 Å². The molecule has 1 aliphatic rings. The van der Waals surface area contributed by atoms with Crippen molar-refractivity contribution in [3.63, 3.8) is 0 Å². The van der Waals surface area contributed by atoms with Crippen LogP contribution in [0.1, 0.15) is 16.7 Å². The number of hydrogen-bond donors (Lipinski definition) is 1. The number of piperazine rings is 1. The van der Waals surface area contributed by atoms with Crippen LogP contribution in [0.25, 0.3) is 0 Å². The normalized spacial score (nSPS) is 17.0. The second-order valence-corrected chi connectivity index (χ2v) is 4.30. The van der Waals surface area contributed by atoms with E-state index >= 15 is 0 Å². The lowest BCUT2D eigenvalue weighted by Crippen LogP contribution is -2.43. The molecular formula is C13H17N3. The molecule has 0 bridgehead atoms. The first kappa shape index (κ1) is 11.1. The van der Waals surface area contributed by atoms with Crippen molar-refractivity contribution in [2.45, 2.75) is 13.5 Å². The predicted octanol–water partition coefficient (Wildman–Crippen LogP) is 1.27. The summed E-state index contributed by atoms with van der Waals surface area (Å²) in [6, 6.07) is 8.41. The Bertz CT molecular complexity index is 400. The third kappa shape index (κ3) is 2.60. The van der Waals surface area contributed by atoms with Gasteiger partial charge in [0.25, 0.3) is 0 Å². The molecule has 1 heterocycles. The van der Waals surface area contributed by atoms with Crippen LogP contribution in [0.3, 0.4) is 0 Å². The van der Waals surface area contributed by atoms with E-state index in [1.165, 1.54) is 0 Å². The Labute approximate surface area is 96.7 Å². The van der Waals surface area contributed by atoms with E-state index in [9.17, 15) is 0 Å². The fourth-order valence-electron chi connectivity index (χ4n) is 2.04. The summed E-state index contributed by atoms with van der Waals surface area (Å²) >= 11 is 0. The minimum atomic E-state index is 0.818. The smallest absolute Gasteiger partial charge is 0.0995 e. The number of nitrogens with zero attached hydrogens (tertiary/aromatic N) is 2. The van der Waals surface area contributed by atoms with Crippen LogP contribution < -0.4 is 5.32 Å². The van der Waals surface area contributed by atoms with Gasteiger partial charge in [0.05, 0.1) is 11.6 Å². The summed E-state index contributed by atoms with van der Waals surface area (Å²) in [7, 11) is 0. The summed E-state index contributed by atoms with van der Waals surface area (Å²) in [5.74, 6) is 0. The maximum atomic E-state index is 9.09. The van der Waals surface area contributed by atoms with Crippen LogP contribution in [0.2, 0.25) is 0 Å². The lowest BCUT2D eigenvalue weighted by molar-refractivity contribution is 0.233. The summed E-state index contributed by atoms with van der Waals surface area (Å²) < 4.78 is 0. The van der Waals surface area contributed by atoms with E-state index in [0.717, 1.165) is 49.4 Å². The number of benzene rings is 1. The van der Waals surface area contributed by atoms with E-state index in [2.05, 4.69) is 28.4 Å². The van der Waals surface area contributed by atoms with E-state index in [0.29, 0.717) is 0 Å². The van der Waals surface area contributed by atoms with E-state index < -0.39 is 0 Å². The summed E-state index contributed by atoms with van der Waals surface area (Å²) in [6.07, 6.45) is 0. The van der Waals surface area contributed by atoms with Crippen LogP contribution in [-0.4, -0.2) is 31.1 Å². The molecule has 0 unspecified atom stereocenters. The van der Waals surface area contributed by atoms with Gasteiger partial charge in [-0.3, -0.25) is 4.90 Å². The molecule has 1 aliphatic heterocycles. The molecule has 3 heteroatoms. The van der Waals surface area contributed by atoms with Crippen molar-refractivity contribution in [3.8, 4) is 6.07 Å². The summed E-state index contributed by atoms with van der Waals surface area (Å²) in [4.78, 5) is 2.39. The fourth-order valence-corrected chi connectivity index (χ4v) is 2.04. The maximum Gasteiger partial charge on any atom is 0.0995 e. The minimum Gasteiger partial charge on any atom is -0.314 e. The van der Waals surface area contributed by atoms with Crippen molar-refractivity contribution in [1.82, 2.24) is 10.2 Å². The van der Waals surface area contributed by atoms with Gasteiger partial charge in [0, 0.05) is 32.7 Å². The molecule has 0 spiro atoms. The first-order valence-electron chi connectivity index (χ1n) is 5.72. The van der Waals surface area contributed by atoms with Crippen LogP contribution >= 0.6 is 0 Å². The molecule has 1 N–H and O–H groups in total. The molecule has 84 valence electrons. The number of nitrogens with one attached hydrogen (secondary N) is 1. The van der Waals surface area contributed by atoms with Crippen LogP contribution in [0.15, 0.2) is 18.2 Å². The Hall–Kier alpha value is -1.37. The molecule has 0 saturated carbocycles. The van der Waals surface area contributed by atoms with Gasteiger partial charge >= 0.3 is 0 Å². The molecule has 1 fully saturated rings. The third-order valence-electron chi connectivity index (χ3n) is 2.99. The van der Waals surface area contributed by atoms with Crippen molar-refractivity contribution in [1.29, 1.82) is 5.26 Å². The monoisotopic (exact) mass is 215 g/mol. The molecule has 0 radical (unpaired) electrons. The number of rotatable bonds is 2. The maximum absolute atomic E-state index is 9.09. The molecular weight excluding hydrogens is 198 g/mol. The fraction of sp³-hybridized carbons (Fsp3) is 0.462. The molecule has 16 heavy (non-hydrogen) atoms. The Balaban J connectivity index is 2.11. The highest BCUT2D eigenvalue weighted by atomic mass is 15.2. The second kappa shape index (κ2) is 5.11. The summed E-state index contributed by atoms with van der Waals surface area (Å²) in [6.45, 7) is 7.15. The lowest BCUT2D eigenvalue weighted by atomic mass is 10.0. The van der Waals surface area contributed by atoms with Crippen LogP contribution in [0.4, 0.5) is 0 Å². The number of nitriles is 1. The lowest BCUT2D eigenvalue weighted by Gasteiger charge is -2.27. The zero-order valence-corrected chi connectivity index (χ0v) is 9.66. The van der Waals surface area contributed by atoms with Gasteiger partial charge in [0.2, 0.25) is 0 Å². The van der Waals surface area contributed by atoms with Crippen LogP contribution in [0.5, 0.6) is 0 Å². The first-order chi connectivity index (χ1) is 7.79. The largest absolute Gasteiger partial charge is 0.314 e. The quantitative estimate of drug-likeness (QED) is 0.807. The van der Waals surface area contributed by atoms with E-state index in [1.54, 1.807) is 0 Å². The Morgan fingerprint density at radius 3 is 2.81 bits per heavy atom. The highest BCUT2D eigenvalue weighted by Gasteiger charge is 2.11. The van der Waals surface area contributed by atoms with Crippen LogP contribution in [-0.2, 0) is 6.54 Å². The second-order valence-electron chi connectivity index (χ2n) is 4.30. The highest BCUT2D eigenvalue weighted by molar-refractivity contribution is 5.40. The van der Waals surface area contributed by atoms with Gasteiger partial charge in [0.15, 0.2) is 0 Å². The Morgan fingerprint density at radius 2 is 2.12 bits per heavy atom. The van der Waals surface area contributed by atoms with Crippen molar-refractivity contribution >= 4 is 0 Å². The van der Waals surface area contributed by atoms with E-state index in [1.807, 2.05) is 13.0 Å². The predicted molar refractivity (Wildman–Crippen MR) is 64.0 cm³/mol. The highest BCUT2D eigenvalue weighted by Crippen LogP contribution is 2.13. The molecule has 3 nitrogen and oxygen atoms in total. The Kier molecular flexibility index (Phi) is 3.55. The zero-order chi connectivity index (χ0) is 11.4. The number of hydrogen-bond acceptors (Lipinski definition) is 3. The molecule has 1 aromatic carbocycles. The van der Waals surface area contributed by atoms with Gasteiger partial charge in [-0.2, -0.15) is 5.26 Å². The third-order valence-corrected chi connectivity index (χ3v) is 2.99. The van der Waals surface area contributed by atoms with E-state index in [4.69, 9.17) is 5.26 Å². The summed E-state index contributed by atoms with van der Waals surface area (Å²) in [5, 5.41) is 12.4. The zero-order valence-electron chi connectivity index (χ0n) is 9.66. The van der Waals surface area contributed by atoms with Gasteiger partial charge in [-0.1, -0.05) is 12.1 Å². The van der Waals surface area contributed by atoms with E-state index in [-0.39, 0.29) is 0 Å². The number of aryl methyl sites for hydroxylation is 1. The molecule has 0 amide bonds. The van der Waals surface area contributed by atoms with Gasteiger partial charge in [0.1, 0.15) is 0 Å². The first-order valence-corrected chi connectivity index (χ1v) is 5.72. The van der Waals surface area contributed by atoms with Gasteiger partial charge in [-0.15, -0.1) is 0 Å². The van der Waals surface area contributed by atoms with Crippen molar-refractivity contribution in [3.05, 3.63) is 34.9 Å². The molecule has 2 rings (SSSR count). The minimum absolute atomic E-state index is 0.818. The van der Waals surface area contributed by atoms with Gasteiger partial charge < -0.3 is 5.32 Å². The molecule has 1 saturated heterocycles. The topological polar surface area (TPSA) is 39.1 Å². The summed E-state index contributed by atoms with van der Waals surface area (Å²) in [5.41, 5.74) is 3.12. The molecule has 0 aliphatic carbocycles. The molecule has 0 atom stereocenters. The average molecular weight is 215 g/mol. The van der Waals surface area contributed by atoms with Gasteiger partial charge in [-0.25, -0.2) is 0 Å². The van der Waals surface area contributed by atoms with Crippen LogP contribution in [0, 0.1) is 18.3 Å². The molecule has 1 aromatic rings. The average Bonchev–Trinajstić information content (AvgIpc) is 2.33. The Morgan fingerprint density at radius 1 is 1.38 bits per heavy atom. The van der Waals surface area contributed by atoms with Crippen molar-refractivity contribution < 1.29 is 0 Å². The van der Waals surface area contributed by atoms with Crippen molar-refractivity contribution in [2.24, 2.45) is 0 Å². The molecule has 0 aromatic heterocycles. The SMILES string of the molecule is Cc1ccc(CN2CCNCC2)c(C#N)c1.